The lowest BCUT2D eigenvalue weighted by Crippen LogP contribution is -2.01. The third kappa shape index (κ3) is 2.51. The highest BCUT2D eigenvalue weighted by Crippen LogP contribution is 2.24. The number of nitrogens with two attached hydrogens (primary N) is 1. The Morgan fingerprint density at radius 2 is 2.06 bits per heavy atom. The van der Waals surface area contributed by atoms with Crippen LogP contribution in [0.25, 0.3) is 0 Å². The predicted molar refractivity (Wildman–Crippen MR) is 69.6 cm³/mol. The van der Waals surface area contributed by atoms with Crippen molar-refractivity contribution in [2.75, 3.05) is 18.2 Å². The van der Waals surface area contributed by atoms with E-state index in [0.717, 1.165) is 5.69 Å². The van der Waals surface area contributed by atoms with Gasteiger partial charge in [-0.2, -0.15) is 4.98 Å². The van der Waals surface area contributed by atoms with Crippen molar-refractivity contribution in [3.63, 3.8) is 0 Å². The van der Waals surface area contributed by atoms with E-state index in [4.69, 9.17) is 10.5 Å². The molecular formula is C13H14FN3O. The molecule has 4 nitrogen and oxygen atoms in total. The minimum absolute atomic E-state index is 0.243. The summed E-state index contributed by atoms with van der Waals surface area (Å²) in [7, 11) is 1.53. The van der Waals surface area contributed by atoms with Crippen LogP contribution in [-0.4, -0.2) is 12.1 Å². The van der Waals surface area contributed by atoms with Gasteiger partial charge in [0.15, 0.2) is 5.82 Å². The first-order valence-corrected chi connectivity index (χ1v) is 5.44. The summed E-state index contributed by atoms with van der Waals surface area (Å²) in [6, 6.07) is 8.09. The Bertz CT molecular complexity index is 572. The van der Waals surface area contributed by atoms with Gasteiger partial charge in [-0.3, -0.25) is 0 Å². The van der Waals surface area contributed by atoms with E-state index in [1.54, 1.807) is 31.2 Å². The molecule has 1 heterocycles. The molecule has 0 saturated carbocycles. The van der Waals surface area contributed by atoms with Crippen molar-refractivity contribution in [3.8, 4) is 5.88 Å². The van der Waals surface area contributed by atoms with Gasteiger partial charge in [0.2, 0.25) is 5.88 Å². The van der Waals surface area contributed by atoms with Crippen LogP contribution < -0.4 is 15.8 Å². The van der Waals surface area contributed by atoms with Gasteiger partial charge in [-0.05, 0) is 36.8 Å². The van der Waals surface area contributed by atoms with E-state index in [-0.39, 0.29) is 5.82 Å². The van der Waals surface area contributed by atoms with Crippen LogP contribution in [0.5, 0.6) is 5.88 Å². The molecule has 0 spiro atoms. The van der Waals surface area contributed by atoms with Gasteiger partial charge >= 0.3 is 0 Å². The zero-order chi connectivity index (χ0) is 13.1. The Hall–Kier alpha value is -2.30. The third-order valence-electron chi connectivity index (χ3n) is 2.53. The number of halogens is 1. The van der Waals surface area contributed by atoms with Crippen LogP contribution in [-0.2, 0) is 0 Å². The van der Waals surface area contributed by atoms with Gasteiger partial charge in [-0.25, -0.2) is 4.39 Å². The van der Waals surface area contributed by atoms with Crippen LogP contribution in [0, 0.1) is 12.7 Å². The standard InChI is InChI=1S/C13H14FN3O/c1-8-7-9(3-4-10(8)14)16-13-11(15)5-6-12(17-13)18-2/h3-7H,15H2,1-2H3,(H,16,17). The molecule has 0 unspecified atom stereocenters. The topological polar surface area (TPSA) is 60.2 Å². The predicted octanol–water partition coefficient (Wildman–Crippen LogP) is 2.86. The number of anilines is 3. The van der Waals surface area contributed by atoms with Crippen LogP contribution in [0.15, 0.2) is 30.3 Å². The van der Waals surface area contributed by atoms with Crippen LogP contribution >= 0.6 is 0 Å². The third-order valence-corrected chi connectivity index (χ3v) is 2.53. The molecule has 0 aliphatic rings. The molecule has 0 amide bonds. The maximum absolute atomic E-state index is 13.1. The Labute approximate surface area is 105 Å². The van der Waals surface area contributed by atoms with Gasteiger partial charge < -0.3 is 15.8 Å². The van der Waals surface area contributed by atoms with Crippen molar-refractivity contribution in [1.29, 1.82) is 0 Å². The molecule has 2 rings (SSSR count). The Balaban J connectivity index is 2.30. The van der Waals surface area contributed by atoms with E-state index in [2.05, 4.69) is 10.3 Å². The van der Waals surface area contributed by atoms with Crippen LogP contribution in [0.1, 0.15) is 5.56 Å². The first-order chi connectivity index (χ1) is 8.60. The van der Waals surface area contributed by atoms with Gasteiger partial charge in [0.1, 0.15) is 5.82 Å². The molecule has 0 saturated heterocycles. The highest BCUT2D eigenvalue weighted by Gasteiger charge is 2.05. The summed E-state index contributed by atoms with van der Waals surface area (Å²) < 4.78 is 18.2. The fourth-order valence-corrected chi connectivity index (χ4v) is 1.52. The van der Waals surface area contributed by atoms with Gasteiger partial charge in [0.05, 0.1) is 12.8 Å². The van der Waals surface area contributed by atoms with E-state index in [0.29, 0.717) is 22.9 Å². The summed E-state index contributed by atoms with van der Waals surface area (Å²) in [6.07, 6.45) is 0. The number of nitrogen functional groups attached to an aromatic ring is 1. The molecular weight excluding hydrogens is 233 g/mol. The lowest BCUT2D eigenvalue weighted by atomic mass is 10.2. The number of pyridine rings is 1. The molecule has 0 bridgehead atoms. The molecule has 1 aromatic heterocycles. The van der Waals surface area contributed by atoms with E-state index in [9.17, 15) is 4.39 Å². The fourth-order valence-electron chi connectivity index (χ4n) is 1.52. The second-order valence-electron chi connectivity index (χ2n) is 3.88. The number of hydrogen-bond donors (Lipinski definition) is 2. The minimum Gasteiger partial charge on any atom is -0.481 e. The zero-order valence-corrected chi connectivity index (χ0v) is 10.2. The molecule has 0 aliphatic heterocycles. The van der Waals surface area contributed by atoms with Crippen LogP contribution in [0.2, 0.25) is 0 Å². The lowest BCUT2D eigenvalue weighted by Gasteiger charge is -2.10. The van der Waals surface area contributed by atoms with Crippen molar-refractivity contribution in [1.82, 2.24) is 4.98 Å². The molecule has 94 valence electrons. The second kappa shape index (κ2) is 4.91. The summed E-state index contributed by atoms with van der Waals surface area (Å²) in [6.45, 7) is 1.70. The second-order valence-corrected chi connectivity index (χ2v) is 3.88. The number of nitrogens with one attached hydrogen (secondary N) is 1. The van der Waals surface area contributed by atoms with Crippen LogP contribution in [0.4, 0.5) is 21.6 Å². The number of nitrogens with zero attached hydrogens (tertiary/aromatic N) is 1. The normalized spacial score (nSPS) is 10.2. The van der Waals surface area contributed by atoms with Crippen molar-refractivity contribution in [3.05, 3.63) is 41.7 Å². The Morgan fingerprint density at radius 3 is 2.72 bits per heavy atom. The van der Waals surface area contributed by atoms with Crippen molar-refractivity contribution in [2.45, 2.75) is 6.92 Å². The minimum atomic E-state index is -0.243. The Kier molecular flexibility index (Phi) is 3.32. The van der Waals surface area contributed by atoms with Crippen LogP contribution in [0.3, 0.4) is 0 Å². The number of ether oxygens (including phenoxy) is 1. The quantitative estimate of drug-likeness (QED) is 0.875. The molecule has 0 aliphatic carbocycles. The summed E-state index contributed by atoms with van der Waals surface area (Å²) in [5.41, 5.74) is 7.58. The van der Waals surface area contributed by atoms with Crippen molar-refractivity contribution >= 4 is 17.2 Å². The molecule has 0 fully saturated rings. The number of rotatable bonds is 3. The average molecular weight is 247 g/mol. The molecule has 0 radical (unpaired) electrons. The van der Waals surface area contributed by atoms with E-state index >= 15 is 0 Å². The summed E-state index contributed by atoms with van der Waals surface area (Å²) in [5, 5.41) is 3.03. The summed E-state index contributed by atoms with van der Waals surface area (Å²) in [5.74, 6) is 0.706. The van der Waals surface area contributed by atoms with Crippen molar-refractivity contribution in [2.24, 2.45) is 0 Å². The van der Waals surface area contributed by atoms with Gasteiger partial charge in [0.25, 0.3) is 0 Å². The molecule has 18 heavy (non-hydrogen) atoms. The highest BCUT2D eigenvalue weighted by atomic mass is 19.1. The molecule has 1 aromatic carbocycles. The molecule has 3 N–H and O–H groups in total. The van der Waals surface area contributed by atoms with Gasteiger partial charge in [-0.15, -0.1) is 0 Å². The number of aromatic nitrogens is 1. The Morgan fingerprint density at radius 1 is 1.28 bits per heavy atom. The smallest absolute Gasteiger partial charge is 0.215 e. The monoisotopic (exact) mass is 247 g/mol. The van der Waals surface area contributed by atoms with E-state index in [1.807, 2.05) is 0 Å². The van der Waals surface area contributed by atoms with Crippen molar-refractivity contribution < 1.29 is 9.13 Å². The maximum atomic E-state index is 13.1. The highest BCUT2D eigenvalue weighted by molar-refractivity contribution is 5.69. The van der Waals surface area contributed by atoms with E-state index < -0.39 is 0 Å². The number of methoxy groups -OCH3 is 1. The largest absolute Gasteiger partial charge is 0.481 e. The number of hydrogen-bond acceptors (Lipinski definition) is 4. The lowest BCUT2D eigenvalue weighted by molar-refractivity contribution is 0.398. The average Bonchev–Trinajstić information content (AvgIpc) is 2.36. The fraction of sp³-hybridized carbons (Fsp3) is 0.154. The first kappa shape index (κ1) is 12.2. The zero-order valence-electron chi connectivity index (χ0n) is 10.2. The number of benzene rings is 1. The van der Waals surface area contributed by atoms with Gasteiger partial charge in [-0.1, -0.05) is 0 Å². The summed E-state index contributed by atoms with van der Waals surface area (Å²) in [4.78, 5) is 4.19. The SMILES string of the molecule is COc1ccc(N)c(Nc2ccc(F)c(C)c2)n1. The van der Waals surface area contributed by atoms with E-state index in [1.165, 1.54) is 13.2 Å². The van der Waals surface area contributed by atoms with Gasteiger partial charge in [0, 0.05) is 11.8 Å². The maximum Gasteiger partial charge on any atom is 0.215 e. The molecule has 2 aromatic rings. The molecule has 0 atom stereocenters. The molecule has 5 heteroatoms. The number of aryl methyl sites for hydroxylation is 1. The summed E-state index contributed by atoms with van der Waals surface area (Å²) >= 11 is 0. The first-order valence-electron chi connectivity index (χ1n) is 5.44.